The number of aromatic nitrogens is 4. The Morgan fingerprint density at radius 2 is 2.06 bits per heavy atom. The molecule has 1 amide bonds. The summed E-state index contributed by atoms with van der Waals surface area (Å²) in [5.74, 6) is 0.0585. The SMILES string of the molecule is Cc1cn2cc(NC(=O)c3ccc(N4CCC(NCC5CC5)C4)c4cn(C)nc34)cc(F)c2n1. The summed E-state index contributed by atoms with van der Waals surface area (Å²) >= 11 is 0. The molecule has 2 fully saturated rings. The maximum absolute atomic E-state index is 14.5. The van der Waals surface area contributed by atoms with Gasteiger partial charge in [-0.2, -0.15) is 5.10 Å². The minimum atomic E-state index is -0.483. The van der Waals surface area contributed by atoms with Crippen LogP contribution < -0.4 is 15.5 Å². The van der Waals surface area contributed by atoms with Crippen LogP contribution in [0.15, 0.2) is 36.8 Å². The molecule has 1 unspecified atom stereocenters. The molecule has 0 spiro atoms. The lowest BCUT2D eigenvalue weighted by Crippen LogP contribution is -2.33. The number of carbonyl (C=O) groups excluding carboxylic acids is 1. The maximum atomic E-state index is 14.5. The van der Waals surface area contributed by atoms with Crippen molar-refractivity contribution in [3.63, 3.8) is 0 Å². The molecule has 6 rings (SSSR count). The number of amides is 1. The van der Waals surface area contributed by atoms with Gasteiger partial charge in [-0.25, -0.2) is 9.37 Å². The number of nitrogens with zero attached hydrogens (tertiary/aromatic N) is 5. The molecular weight excluding hydrogens is 433 g/mol. The molecule has 1 aliphatic carbocycles. The van der Waals surface area contributed by atoms with Crippen molar-refractivity contribution < 1.29 is 9.18 Å². The van der Waals surface area contributed by atoms with Gasteiger partial charge in [0.25, 0.3) is 5.91 Å². The lowest BCUT2D eigenvalue weighted by Gasteiger charge is -2.20. The minimum absolute atomic E-state index is 0.238. The number of pyridine rings is 1. The van der Waals surface area contributed by atoms with E-state index in [9.17, 15) is 9.18 Å². The number of imidazole rings is 1. The Bertz CT molecular complexity index is 1400. The van der Waals surface area contributed by atoms with Crippen LogP contribution in [0.5, 0.6) is 0 Å². The van der Waals surface area contributed by atoms with Gasteiger partial charge in [-0.05, 0) is 50.8 Å². The first-order valence-corrected chi connectivity index (χ1v) is 11.9. The molecule has 1 aromatic carbocycles. The predicted octanol–water partition coefficient (Wildman–Crippen LogP) is 3.50. The van der Waals surface area contributed by atoms with Crippen molar-refractivity contribution in [2.24, 2.45) is 13.0 Å². The maximum Gasteiger partial charge on any atom is 0.257 e. The van der Waals surface area contributed by atoms with E-state index in [1.54, 1.807) is 28.4 Å². The van der Waals surface area contributed by atoms with Crippen LogP contribution >= 0.6 is 0 Å². The van der Waals surface area contributed by atoms with E-state index in [0.29, 0.717) is 28.5 Å². The van der Waals surface area contributed by atoms with Crippen molar-refractivity contribution in [2.75, 3.05) is 29.9 Å². The Morgan fingerprint density at radius 3 is 2.88 bits per heavy atom. The molecule has 1 saturated heterocycles. The lowest BCUT2D eigenvalue weighted by molar-refractivity contribution is 0.102. The van der Waals surface area contributed by atoms with Gasteiger partial charge >= 0.3 is 0 Å². The Morgan fingerprint density at radius 1 is 1.21 bits per heavy atom. The predicted molar refractivity (Wildman–Crippen MR) is 130 cm³/mol. The number of fused-ring (bicyclic) bond motifs is 2. The first kappa shape index (κ1) is 21.1. The van der Waals surface area contributed by atoms with Gasteiger partial charge in [-0.1, -0.05) is 0 Å². The van der Waals surface area contributed by atoms with E-state index in [4.69, 9.17) is 0 Å². The number of nitrogens with one attached hydrogen (secondary N) is 2. The van der Waals surface area contributed by atoms with Gasteiger partial charge in [0.2, 0.25) is 0 Å². The molecule has 176 valence electrons. The van der Waals surface area contributed by atoms with Crippen LogP contribution in [0.4, 0.5) is 15.8 Å². The van der Waals surface area contributed by atoms with E-state index in [1.165, 1.54) is 18.9 Å². The average Bonchev–Trinajstić information content (AvgIpc) is 3.16. The third-order valence-corrected chi connectivity index (χ3v) is 6.82. The second-order valence-corrected chi connectivity index (χ2v) is 9.62. The minimum Gasteiger partial charge on any atom is -0.369 e. The number of halogens is 1. The van der Waals surface area contributed by atoms with Crippen LogP contribution in [0.1, 0.15) is 35.3 Å². The van der Waals surface area contributed by atoms with Crippen LogP contribution in [-0.2, 0) is 7.05 Å². The van der Waals surface area contributed by atoms with Gasteiger partial charge in [0.15, 0.2) is 11.5 Å². The molecule has 1 aliphatic heterocycles. The van der Waals surface area contributed by atoms with Crippen molar-refractivity contribution in [1.29, 1.82) is 0 Å². The molecule has 8 nitrogen and oxygen atoms in total. The summed E-state index contributed by atoms with van der Waals surface area (Å²) in [4.78, 5) is 19.7. The van der Waals surface area contributed by atoms with Gasteiger partial charge in [0.1, 0.15) is 5.52 Å². The van der Waals surface area contributed by atoms with Gasteiger partial charge in [0.05, 0.1) is 16.9 Å². The summed E-state index contributed by atoms with van der Waals surface area (Å²) in [5.41, 5.74) is 3.51. The molecule has 3 aromatic heterocycles. The van der Waals surface area contributed by atoms with Crippen molar-refractivity contribution in [3.8, 4) is 0 Å². The number of carbonyl (C=O) groups is 1. The van der Waals surface area contributed by atoms with Gasteiger partial charge in [-0.3, -0.25) is 9.48 Å². The molecule has 4 aromatic rings. The quantitative estimate of drug-likeness (QED) is 0.460. The Balaban J connectivity index is 1.26. The van der Waals surface area contributed by atoms with E-state index in [2.05, 4.69) is 25.6 Å². The molecule has 1 atom stereocenters. The van der Waals surface area contributed by atoms with E-state index < -0.39 is 5.82 Å². The lowest BCUT2D eigenvalue weighted by atomic mass is 10.1. The second kappa shape index (κ2) is 8.09. The average molecular weight is 462 g/mol. The molecule has 34 heavy (non-hydrogen) atoms. The third-order valence-electron chi connectivity index (χ3n) is 6.82. The summed E-state index contributed by atoms with van der Waals surface area (Å²) in [6.07, 6.45) is 9.17. The van der Waals surface area contributed by atoms with Crippen LogP contribution in [0.2, 0.25) is 0 Å². The van der Waals surface area contributed by atoms with Gasteiger partial charge in [-0.15, -0.1) is 0 Å². The standard InChI is InChI=1S/C25H28FN7O/c1-15-11-33-13-18(9-21(26)24(33)28-15)29-25(34)19-5-6-22(20-14-31(2)30-23(19)20)32-8-7-17(12-32)27-10-16-3-4-16/h5-6,9,11,13-14,16-17,27H,3-4,7-8,10,12H2,1-2H3,(H,29,34). The fourth-order valence-electron chi connectivity index (χ4n) is 4.91. The number of aryl methyl sites for hydroxylation is 2. The second-order valence-electron chi connectivity index (χ2n) is 9.62. The number of anilines is 2. The molecule has 2 aliphatic rings. The molecule has 1 saturated carbocycles. The Labute approximate surface area is 196 Å². The van der Waals surface area contributed by atoms with Crippen LogP contribution in [0, 0.1) is 18.7 Å². The van der Waals surface area contributed by atoms with Gasteiger partial charge in [0, 0.05) is 61.9 Å². The van der Waals surface area contributed by atoms with Crippen molar-refractivity contribution in [1.82, 2.24) is 24.5 Å². The zero-order valence-corrected chi connectivity index (χ0v) is 19.4. The number of hydrogen-bond donors (Lipinski definition) is 2. The summed E-state index contributed by atoms with van der Waals surface area (Å²) in [5, 5.41) is 12.1. The van der Waals surface area contributed by atoms with Crippen molar-refractivity contribution >= 4 is 33.8 Å². The molecule has 2 N–H and O–H groups in total. The molecule has 0 bridgehead atoms. The number of benzene rings is 1. The van der Waals surface area contributed by atoms with E-state index in [0.717, 1.165) is 43.0 Å². The van der Waals surface area contributed by atoms with Gasteiger partial charge < -0.3 is 19.9 Å². The highest BCUT2D eigenvalue weighted by atomic mass is 19.1. The molecule has 4 heterocycles. The molecular formula is C25H28FN7O. The fourth-order valence-corrected chi connectivity index (χ4v) is 4.91. The third kappa shape index (κ3) is 3.90. The zero-order chi connectivity index (χ0) is 23.4. The summed E-state index contributed by atoms with van der Waals surface area (Å²) < 4.78 is 17.8. The Kier molecular flexibility index (Phi) is 5.02. The normalized spacial score (nSPS) is 18.3. The summed E-state index contributed by atoms with van der Waals surface area (Å²) in [7, 11) is 1.86. The van der Waals surface area contributed by atoms with E-state index in [1.807, 2.05) is 25.4 Å². The molecule has 9 heteroatoms. The van der Waals surface area contributed by atoms with Crippen molar-refractivity contribution in [2.45, 2.75) is 32.2 Å². The summed E-state index contributed by atoms with van der Waals surface area (Å²) in [6, 6.07) is 5.61. The highest BCUT2D eigenvalue weighted by molar-refractivity contribution is 6.13. The van der Waals surface area contributed by atoms with Crippen LogP contribution in [-0.4, -0.2) is 50.7 Å². The van der Waals surface area contributed by atoms with Crippen LogP contribution in [0.25, 0.3) is 16.6 Å². The summed E-state index contributed by atoms with van der Waals surface area (Å²) in [6.45, 7) is 4.84. The highest BCUT2D eigenvalue weighted by Crippen LogP contribution is 2.32. The first-order chi connectivity index (χ1) is 16.4. The van der Waals surface area contributed by atoms with Crippen molar-refractivity contribution in [3.05, 3.63) is 53.9 Å². The Hall–Kier alpha value is -3.46. The molecule has 0 radical (unpaired) electrons. The number of hydrogen-bond acceptors (Lipinski definition) is 5. The van der Waals surface area contributed by atoms with E-state index >= 15 is 0 Å². The topological polar surface area (TPSA) is 79.5 Å². The smallest absolute Gasteiger partial charge is 0.257 e. The first-order valence-electron chi connectivity index (χ1n) is 11.9. The zero-order valence-electron chi connectivity index (χ0n) is 19.4. The number of rotatable bonds is 6. The highest BCUT2D eigenvalue weighted by Gasteiger charge is 2.28. The fraction of sp³-hybridized carbons (Fsp3) is 0.400. The largest absolute Gasteiger partial charge is 0.369 e. The van der Waals surface area contributed by atoms with Crippen LogP contribution in [0.3, 0.4) is 0 Å². The monoisotopic (exact) mass is 461 g/mol. The van der Waals surface area contributed by atoms with E-state index in [-0.39, 0.29) is 11.6 Å².